The molecule has 0 bridgehead atoms. The Bertz CT molecular complexity index is 510. The fourth-order valence-electron chi connectivity index (χ4n) is 3.40. The average Bonchev–Trinajstić information content (AvgIpc) is 3.04. The van der Waals surface area contributed by atoms with Gasteiger partial charge < -0.3 is 10.1 Å². The van der Waals surface area contributed by atoms with Crippen LogP contribution in [0.1, 0.15) is 18.4 Å². The summed E-state index contributed by atoms with van der Waals surface area (Å²) in [6.07, 6.45) is 2.36. The monoisotopic (exact) mass is 336 g/mol. The van der Waals surface area contributed by atoms with E-state index in [1.807, 2.05) is 0 Å². The third-order valence-electron chi connectivity index (χ3n) is 4.47. The van der Waals surface area contributed by atoms with Crippen molar-refractivity contribution in [3.05, 3.63) is 29.6 Å². The van der Waals surface area contributed by atoms with Gasteiger partial charge in [0.2, 0.25) is 0 Å². The molecule has 2 heterocycles. The Morgan fingerprint density at radius 1 is 1.32 bits per heavy atom. The number of alkyl halides is 2. The molecular formula is C15H20ClF3N2O. The maximum atomic E-state index is 13.7. The highest BCUT2D eigenvalue weighted by molar-refractivity contribution is 5.85. The minimum Gasteiger partial charge on any atom is -0.432 e. The smallest absolute Gasteiger partial charge is 0.387 e. The van der Waals surface area contributed by atoms with Gasteiger partial charge in [0.1, 0.15) is 0 Å². The first-order valence-corrected chi connectivity index (χ1v) is 7.23. The number of halogens is 4. The number of ether oxygens (including phenoxy) is 1. The van der Waals surface area contributed by atoms with Gasteiger partial charge in [-0.15, -0.1) is 12.4 Å². The van der Waals surface area contributed by atoms with E-state index < -0.39 is 18.2 Å². The average molecular weight is 337 g/mol. The van der Waals surface area contributed by atoms with Gasteiger partial charge in [-0.1, -0.05) is 6.07 Å². The second-order valence-corrected chi connectivity index (χ2v) is 6.03. The summed E-state index contributed by atoms with van der Waals surface area (Å²) in [5.41, 5.74) is 1.16. The van der Waals surface area contributed by atoms with E-state index in [9.17, 15) is 13.2 Å². The molecule has 0 radical (unpaired) electrons. The van der Waals surface area contributed by atoms with Crippen molar-refractivity contribution in [3.8, 4) is 5.75 Å². The molecule has 2 aliphatic heterocycles. The lowest BCUT2D eigenvalue weighted by Gasteiger charge is -2.23. The summed E-state index contributed by atoms with van der Waals surface area (Å²) in [5.74, 6) is -1.13. The van der Waals surface area contributed by atoms with Crippen LogP contribution in [0.4, 0.5) is 13.2 Å². The van der Waals surface area contributed by atoms with E-state index in [2.05, 4.69) is 15.0 Å². The first kappa shape index (κ1) is 17.4. The zero-order chi connectivity index (χ0) is 14.9. The molecular weight excluding hydrogens is 317 g/mol. The number of nitrogens with zero attached hydrogens (tertiary/aromatic N) is 1. The lowest BCUT2D eigenvalue weighted by molar-refractivity contribution is -0.0522. The van der Waals surface area contributed by atoms with E-state index in [1.165, 1.54) is 18.6 Å². The molecule has 0 aromatic heterocycles. The summed E-state index contributed by atoms with van der Waals surface area (Å²) >= 11 is 0. The molecule has 2 saturated heterocycles. The lowest BCUT2D eigenvalue weighted by atomic mass is 9.86. The molecule has 1 atom stereocenters. The second kappa shape index (κ2) is 7.06. The first-order valence-electron chi connectivity index (χ1n) is 7.23. The molecule has 1 N–H and O–H groups in total. The quantitative estimate of drug-likeness (QED) is 0.914. The highest BCUT2D eigenvalue weighted by Gasteiger charge is 2.40. The Morgan fingerprint density at radius 2 is 2.14 bits per heavy atom. The van der Waals surface area contributed by atoms with Crippen molar-refractivity contribution in [1.29, 1.82) is 0 Å². The van der Waals surface area contributed by atoms with Crippen molar-refractivity contribution in [3.63, 3.8) is 0 Å². The van der Waals surface area contributed by atoms with Crippen LogP contribution in [0.5, 0.6) is 5.75 Å². The predicted molar refractivity (Wildman–Crippen MR) is 80.1 cm³/mol. The molecule has 1 aromatic rings. The number of nitrogens with one attached hydrogen (secondary N) is 1. The van der Waals surface area contributed by atoms with Crippen molar-refractivity contribution in [2.24, 2.45) is 5.41 Å². The fourth-order valence-corrected chi connectivity index (χ4v) is 3.40. The molecule has 1 unspecified atom stereocenters. The molecule has 0 saturated carbocycles. The number of likely N-dealkylation sites (tertiary alicyclic amines) is 1. The Labute approximate surface area is 134 Å². The van der Waals surface area contributed by atoms with Gasteiger partial charge in [0.25, 0.3) is 0 Å². The third-order valence-corrected chi connectivity index (χ3v) is 4.47. The largest absolute Gasteiger partial charge is 0.432 e. The van der Waals surface area contributed by atoms with Gasteiger partial charge in [-0.3, -0.25) is 4.90 Å². The number of rotatable bonds is 4. The van der Waals surface area contributed by atoms with E-state index in [1.54, 1.807) is 6.07 Å². The van der Waals surface area contributed by atoms with E-state index in [4.69, 9.17) is 0 Å². The lowest BCUT2D eigenvalue weighted by Crippen LogP contribution is -2.28. The predicted octanol–water partition coefficient (Wildman–Crippen LogP) is 3.03. The van der Waals surface area contributed by atoms with E-state index in [0.717, 1.165) is 38.2 Å². The maximum absolute atomic E-state index is 13.7. The van der Waals surface area contributed by atoms with E-state index in [0.29, 0.717) is 12.0 Å². The van der Waals surface area contributed by atoms with Crippen LogP contribution in [-0.4, -0.2) is 37.7 Å². The van der Waals surface area contributed by atoms with E-state index >= 15 is 0 Å². The van der Waals surface area contributed by atoms with Crippen molar-refractivity contribution in [2.45, 2.75) is 26.0 Å². The Balaban J connectivity index is 0.00000176. The minimum absolute atomic E-state index is 0. The van der Waals surface area contributed by atoms with E-state index in [-0.39, 0.29) is 12.4 Å². The van der Waals surface area contributed by atoms with Crippen LogP contribution in [-0.2, 0) is 6.54 Å². The Hall–Kier alpha value is -0.980. The molecule has 7 heteroatoms. The van der Waals surface area contributed by atoms with Crippen LogP contribution in [0.3, 0.4) is 0 Å². The first-order chi connectivity index (χ1) is 10.1. The summed E-state index contributed by atoms with van der Waals surface area (Å²) in [5, 5.41) is 3.40. The van der Waals surface area contributed by atoms with Gasteiger partial charge in [-0.05, 0) is 49.0 Å². The molecule has 3 rings (SSSR count). The summed E-state index contributed by atoms with van der Waals surface area (Å²) < 4.78 is 42.0. The molecule has 1 aromatic carbocycles. The van der Waals surface area contributed by atoms with Gasteiger partial charge in [0.05, 0.1) is 0 Å². The van der Waals surface area contributed by atoms with Crippen molar-refractivity contribution in [2.75, 3.05) is 26.2 Å². The van der Waals surface area contributed by atoms with Crippen LogP contribution < -0.4 is 10.1 Å². The minimum atomic E-state index is -3.00. The Morgan fingerprint density at radius 3 is 2.77 bits per heavy atom. The van der Waals surface area contributed by atoms with Gasteiger partial charge in [-0.25, -0.2) is 4.39 Å². The van der Waals surface area contributed by atoms with Crippen molar-refractivity contribution in [1.82, 2.24) is 10.2 Å². The van der Waals surface area contributed by atoms with Gasteiger partial charge in [0, 0.05) is 19.6 Å². The van der Waals surface area contributed by atoms with Crippen LogP contribution in [0, 0.1) is 11.2 Å². The fraction of sp³-hybridized carbons (Fsp3) is 0.600. The zero-order valence-electron chi connectivity index (χ0n) is 12.2. The number of hydrogen-bond acceptors (Lipinski definition) is 3. The standard InChI is InChI=1S/C15H19F3N2O.ClH/c16-12-7-11(1-2-13(12)21-14(17)18)8-20-6-4-15(10-20)3-5-19-9-15;/h1-2,7,14,19H,3-6,8-10H2;1H. The molecule has 0 aliphatic carbocycles. The van der Waals surface area contributed by atoms with Crippen molar-refractivity contribution >= 4 is 12.4 Å². The molecule has 3 nitrogen and oxygen atoms in total. The summed E-state index contributed by atoms with van der Waals surface area (Å²) in [6.45, 7) is 1.78. The Kier molecular flexibility index (Phi) is 5.58. The molecule has 124 valence electrons. The number of benzene rings is 1. The van der Waals surface area contributed by atoms with Crippen molar-refractivity contribution < 1.29 is 17.9 Å². The van der Waals surface area contributed by atoms with Gasteiger partial charge in [-0.2, -0.15) is 8.78 Å². The van der Waals surface area contributed by atoms with Crippen LogP contribution in [0.2, 0.25) is 0 Å². The summed E-state index contributed by atoms with van der Waals surface area (Å²) in [4.78, 5) is 2.30. The molecule has 1 spiro atoms. The highest BCUT2D eigenvalue weighted by atomic mass is 35.5. The highest BCUT2D eigenvalue weighted by Crippen LogP contribution is 2.36. The second-order valence-electron chi connectivity index (χ2n) is 6.03. The van der Waals surface area contributed by atoms with Gasteiger partial charge in [0.15, 0.2) is 11.6 Å². The van der Waals surface area contributed by atoms with Crippen LogP contribution in [0.25, 0.3) is 0 Å². The third kappa shape index (κ3) is 3.86. The number of hydrogen-bond donors (Lipinski definition) is 1. The molecule has 22 heavy (non-hydrogen) atoms. The maximum Gasteiger partial charge on any atom is 0.387 e. The normalized spacial score (nSPS) is 24.9. The molecule has 0 amide bonds. The summed E-state index contributed by atoms with van der Waals surface area (Å²) in [7, 11) is 0. The summed E-state index contributed by atoms with van der Waals surface area (Å²) in [6, 6.07) is 4.22. The molecule has 2 aliphatic rings. The van der Waals surface area contributed by atoms with Gasteiger partial charge >= 0.3 is 6.61 Å². The zero-order valence-corrected chi connectivity index (χ0v) is 13.0. The van der Waals surface area contributed by atoms with Crippen LogP contribution in [0.15, 0.2) is 18.2 Å². The molecule has 2 fully saturated rings. The SMILES string of the molecule is Cl.Fc1cc(CN2CCC3(CCNC3)C2)ccc1OC(F)F. The van der Waals surface area contributed by atoms with Crippen LogP contribution >= 0.6 is 12.4 Å². The topological polar surface area (TPSA) is 24.5 Å².